The molecule has 0 atom stereocenters. The summed E-state index contributed by atoms with van der Waals surface area (Å²) >= 11 is 0. The van der Waals surface area contributed by atoms with Crippen molar-refractivity contribution in [1.82, 2.24) is 0 Å². The largest absolute Gasteiger partial charge is 0.313 e. The van der Waals surface area contributed by atoms with E-state index in [2.05, 4.69) is 0 Å². The van der Waals surface area contributed by atoms with E-state index < -0.39 is 0 Å². The molecular weight excluding hydrogens is 115 g/mol. The summed E-state index contributed by atoms with van der Waals surface area (Å²) in [6.07, 6.45) is 3.28. The number of hydrogen-bond acceptors (Lipinski definition) is 2. The van der Waals surface area contributed by atoms with Gasteiger partial charge in [0, 0.05) is 6.42 Å². The standard InChI is InChI=1S/C6H9BO2/c7-6(9)4-2-1-3-5-8/h5H,1-4H2. The van der Waals surface area contributed by atoms with E-state index in [1.807, 2.05) is 0 Å². The van der Waals surface area contributed by atoms with Crippen LogP contribution >= 0.6 is 0 Å². The predicted octanol–water partition coefficient (Wildman–Crippen LogP) is 0.441. The van der Waals surface area contributed by atoms with E-state index in [1.54, 1.807) is 0 Å². The molecule has 0 aromatic carbocycles. The molecule has 48 valence electrons. The van der Waals surface area contributed by atoms with E-state index in [4.69, 9.17) is 7.85 Å². The second-order valence-corrected chi connectivity index (χ2v) is 1.88. The number of rotatable bonds is 5. The summed E-state index contributed by atoms with van der Waals surface area (Å²) in [5, 5.41) is 0. The Labute approximate surface area is 56.0 Å². The molecule has 0 heterocycles. The van der Waals surface area contributed by atoms with Gasteiger partial charge in [-0.15, -0.1) is 0 Å². The Balaban J connectivity index is 2.91. The molecule has 0 aliphatic carbocycles. The molecule has 3 heteroatoms. The average Bonchev–Trinajstić information content (AvgIpc) is 1.80. The van der Waals surface area contributed by atoms with Gasteiger partial charge in [0.05, 0.1) is 5.68 Å². The monoisotopic (exact) mass is 124 g/mol. The van der Waals surface area contributed by atoms with Gasteiger partial charge in [0.1, 0.15) is 6.29 Å². The van der Waals surface area contributed by atoms with Crippen LogP contribution < -0.4 is 0 Å². The Bertz CT molecular complexity index is 101. The van der Waals surface area contributed by atoms with Crippen LogP contribution in [0.4, 0.5) is 0 Å². The van der Waals surface area contributed by atoms with Crippen LogP contribution in [-0.2, 0) is 9.59 Å². The van der Waals surface area contributed by atoms with Crippen molar-refractivity contribution in [2.45, 2.75) is 25.7 Å². The van der Waals surface area contributed by atoms with E-state index in [1.165, 1.54) is 0 Å². The Morgan fingerprint density at radius 3 is 2.56 bits per heavy atom. The summed E-state index contributed by atoms with van der Waals surface area (Å²) in [6, 6.07) is 0. The lowest BCUT2D eigenvalue weighted by Crippen LogP contribution is -1.94. The number of carbonyl (C=O) groups excluding carboxylic acids is 2. The molecule has 0 saturated heterocycles. The fourth-order valence-electron chi connectivity index (χ4n) is 0.527. The highest BCUT2D eigenvalue weighted by atomic mass is 16.1. The van der Waals surface area contributed by atoms with E-state index in [-0.39, 0.29) is 5.68 Å². The van der Waals surface area contributed by atoms with Crippen LogP contribution in [-0.4, -0.2) is 19.8 Å². The van der Waals surface area contributed by atoms with Crippen LogP contribution in [0.25, 0.3) is 0 Å². The molecule has 0 bridgehead atoms. The van der Waals surface area contributed by atoms with Crippen LogP contribution in [0.2, 0.25) is 0 Å². The van der Waals surface area contributed by atoms with E-state index >= 15 is 0 Å². The van der Waals surface area contributed by atoms with Crippen LogP contribution in [0.5, 0.6) is 0 Å². The summed E-state index contributed by atoms with van der Waals surface area (Å²) < 4.78 is 0. The van der Waals surface area contributed by atoms with Crippen molar-refractivity contribution < 1.29 is 9.59 Å². The summed E-state index contributed by atoms with van der Waals surface area (Å²) in [6.45, 7) is 0. The zero-order chi connectivity index (χ0) is 7.11. The summed E-state index contributed by atoms with van der Waals surface area (Å²) in [4.78, 5) is 19.8. The highest BCUT2D eigenvalue weighted by Gasteiger charge is 1.91. The molecule has 0 aliphatic rings. The number of unbranched alkanes of at least 4 members (excludes halogenated alkanes) is 2. The van der Waals surface area contributed by atoms with Gasteiger partial charge in [0.15, 0.2) is 7.85 Å². The molecule has 0 aromatic rings. The maximum absolute atomic E-state index is 10.1. The van der Waals surface area contributed by atoms with Crippen molar-refractivity contribution in [3.63, 3.8) is 0 Å². The molecule has 2 radical (unpaired) electrons. The van der Waals surface area contributed by atoms with Gasteiger partial charge < -0.3 is 9.59 Å². The smallest absolute Gasteiger partial charge is 0.167 e. The third-order valence-corrected chi connectivity index (χ3v) is 0.995. The molecule has 2 nitrogen and oxygen atoms in total. The molecule has 0 fully saturated rings. The van der Waals surface area contributed by atoms with Crippen molar-refractivity contribution in [1.29, 1.82) is 0 Å². The highest BCUT2D eigenvalue weighted by Crippen LogP contribution is 1.96. The Morgan fingerprint density at radius 1 is 1.44 bits per heavy atom. The molecule has 0 spiro atoms. The molecule has 0 unspecified atom stereocenters. The molecule has 9 heavy (non-hydrogen) atoms. The summed E-state index contributed by atoms with van der Waals surface area (Å²) in [7, 11) is 4.85. The minimum absolute atomic E-state index is 0.291. The molecule has 0 aliphatic heterocycles. The van der Waals surface area contributed by atoms with Gasteiger partial charge >= 0.3 is 0 Å². The van der Waals surface area contributed by atoms with Gasteiger partial charge in [0.25, 0.3) is 0 Å². The molecule has 0 aromatic heterocycles. The molecule has 0 rings (SSSR count). The van der Waals surface area contributed by atoms with Gasteiger partial charge in [-0.1, -0.05) is 0 Å². The first kappa shape index (κ1) is 8.40. The quantitative estimate of drug-likeness (QED) is 0.302. The predicted molar refractivity (Wildman–Crippen MR) is 35.3 cm³/mol. The fourth-order valence-corrected chi connectivity index (χ4v) is 0.527. The van der Waals surface area contributed by atoms with Crippen molar-refractivity contribution >= 4 is 19.8 Å². The van der Waals surface area contributed by atoms with Crippen LogP contribution in [0, 0.1) is 0 Å². The maximum atomic E-state index is 10.1. The first-order valence-corrected chi connectivity index (χ1v) is 2.99. The van der Waals surface area contributed by atoms with E-state index in [0.29, 0.717) is 12.8 Å². The summed E-state index contributed by atoms with van der Waals surface area (Å²) in [5.74, 6) is 0. The second-order valence-electron chi connectivity index (χ2n) is 1.88. The average molecular weight is 124 g/mol. The first-order chi connectivity index (χ1) is 4.27. The van der Waals surface area contributed by atoms with Gasteiger partial charge in [0.2, 0.25) is 0 Å². The zero-order valence-corrected chi connectivity index (χ0v) is 5.30. The van der Waals surface area contributed by atoms with Gasteiger partial charge in [-0.2, -0.15) is 0 Å². The second kappa shape index (κ2) is 5.54. The van der Waals surface area contributed by atoms with Crippen LogP contribution in [0.1, 0.15) is 25.7 Å². The first-order valence-electron chi connectivity index (χ1n) is 2.99. The van der Waals surface area contributed by atoms with E-state index in [0.717, 1.165) is 19.1 Å². The third-order valence-electron chi connectivity index (χ3n) is 0.995. The van der Waals surface area contributed by atoms with Crippen molar-refractivity contribution in [2.24, 2.45) is 0 Å². The van der Waals surface area contributed by atoms with E-state index in [9.17, 15) is 9.59 Å². The highest BCUT2D eigenvalue weighted by molar-refractivity contribution is 6.57. The lowest BCUT2D eigenvalue weighted by atomic mass is 9.97. The molecular formula is C6H9BO2. The number of hydrogen-bond donors (Lipinski definition) is 0. The summed E-state index contributed by atoms with van der Waals surface area (Å²) in [5.41, 5.74) is -0.291. The molecule has 0 amide bonds. The van der Waals surface area contributed by atoms with Crippen molar-refractivity contribution in [3.8, 4) is 0 Å². The van der Waals surface area contributed by atoms with Crippen molar-refractivity contribution in [3.05, 3.63) is 0 Å². The third kappa shape index (κ3) is 7.40. The number of aldehydes is 1. The topological polar surface area (TPSA) is 34.1 Å². The number of carbonyl (C=O) groups is 2. The molecule has 0 N–H and O–H groups in total. The van der Waals surface area contributed by atoms with Gasteiger partial charge in [-0.25, -0.2) is 0 Å². The zero-order valence-electron chi connectivity index (χ0n) is 5.30. The Hall–Kier alpha value is -0.595. The minimum Gasteiger partial charge on any atom is -0.313 e. The van der Waals surface area contributed by atoms with Crippen LogP contribution in [0.3, 0.4) is 0 Å². The fraction of sp³-hybridized carbons (Fsp3) is 0.667. The minimum atomic E-state index is -0.291. The Kier molecular flexibility index (Phi) is 5.17. The van der Waals surface area contributed by atoms with Gasteiger partial charge in [-0.05, 0) is 19.3 Å². The normalized spacial score (nSPS) is 8.89. The lowest BCUT2D eigenvalue weighted by Gasteiger charge is -1.90. The lowest BCUT2D eigenvalue weighted by molar-refractivity contribution is -0.112. The van der Waals surface area contributed by atoms with Crippen LogP contribution in [0.15, 0.2) is 0 Å². The van der Waals surface area contributed by atoms with Gasteiger partial charge in [-0.3, -0.25) is 0 Å². The maximum Gasteiger partial charge on any atom is 0.167 e. The Morgan fingerprint density at radius 2 is 2.11 bits per heavy atom. The van der Waals surface area contributed by atoms with Crippen molar-refractivity contribution in [2.75, 3.05) is 0 Å². The SMILES string of the molecule is [B]C(=O)CCCCC=O. The molecule has 0 saturated carbocycles.